The molecule has 0 saturated heterocycles. The molecule has 2 N–H and O–H groups in total. The summed E-state index contributed by atoms with van der Waals surface area (Å²) in [5.41, 5.74) is 1.06. The maximum atomic E-state index is 12.7. The molecular formula is C20H21N3O5. The van der Waals surface area contributed by atoms with E-state index in [1.54, 1.807) is 31.4 Å². The van der Waals surface area contributed by atoms with E-state index < -0.39 is 10.8 Å². The van der Waals surface area contributed by atoms with Gasteiger partial charge in [-0.3, -0.25) is 14.9 Å². The fourth-order valence-electron chi connectivity index (χ4n) is 2.79. The van der Waals surface area contributed by atoms with Gasteiger partial charge in [-0.2, -0.15) is 0 Å². The van der Waals surface area contributed by atoms with Crippen LogP contribution in [0.2, 0.25) is 0 Å². The second-order valence-corrected chi connectivity index (χ2v) is 6.21. The van der Waals surface area contributed by atoms with Gasteiger partial charge < -0.3 is 20.1 Å². The number of amides is 1. The van der Waals surface area contributed by atoms with Crippen molar-refractivity contribution in [2.45, 2.75) is 6.42 Å². The Labute approximate surface area is 162 Å². The molecule has 1 amide bonds. The van der Waals surface area contributed by atoms with Crippen LogP contribution in [-0.2, 0) is 0 Å². The highest BCUT2D eigenvalue weighted by Gasteiger charge is 2.19. The summed E-state index contributed by atoms with van der Waals surface area (Å²) in [4.78, 5) is 23.3. The maximum absolute atomic E-state index is 12.7. The Morgan fingerprint density at radius 1 is 1.21 bits per heavy atom. The molecule has 0 unspecified atom stereocenters. The first kappa shape index (κ1) is 19.4. The van der Waals surface area contributed by atoms with Gasteiger partial charge in [0.2, 0.25) is 0 Å². The van der Waals surface area contributed by atoms with Crippen LogP contribution in [0.1, 0.15) is 16.8 Å². The van der Waals surface area contributed by atoms with Gasteiger partial charge in [-0.15, -0.1) is 0 Å². The smallest absolute Gasteiger partial charge is 0.270 e. The molecule has 28 heavy (non-hydrogen) atoms. The van der Waals surface area contributed by atoms with Crippen LogP contribution in [0.3, 0.4) is 0 Å². The largest absolute Gasteiger partial charge is 0.497 e. The maximum Gasteiger partial charge on any atom is 0.270 e. The Balaban J connectivity index is 1.81. The van der Waals surface area contributed by atoms with Crippen LogP contribution < -0.4 is 20.1 Å². The second kappa shape index (κ2) is 9.01. The van der Waals surface area contributed by atoms with Crippen molar-refractivity contribution in [2.24, 2.45) is 0 Å². The minimum atomic E-state index is -0.538. The summed E-state index contributed by atoms with van der Waals surface area (Å²) in [5, 5.41) is 17.2. The van der Waals surface area contributed by atoms with Gasteiger partial charge in [0, 0.05) is 25.2 Å². The number of nitro benzene ring substituents is 1. The molecule has 8 heteroatoms. The van der Waals surface area contributed by atoms with Crippen molar-refractivity contribution in [3.63, 3.8) is 0 Å². The van der Waals surface area contributed by atoms with Crippen LogP contribution in [-0.4, -0.2) is 37.6 Å². The number of carbonyl (C=O) groups excluding carboxylic acids is 1. The quantitative estimate of drug-likeness (QED) is 0.433. The number of nitrogens with one attached hydrogen (secondary N) is 2. The lowest BCUT2D eigenvalue weighted by Crippen LogP contribution is -2.29. The monoisotopic (exact) mass is 383 g/mol. The molecule has 8 nitrogen and oxygen atoms in total. The summed E-state index contributed by atoms with van der Waals surface area (Å²) >= 11 is 0. The second-order valence-electron chi connectivity index (χ2n) is 6.21. The fraction of sp³-hybridized carbons (Fsp3) is 0.250. The molecule has 0 atom stereocenters. The molecule has 1 heterocycles. The number of non-ortho nitro benzene ring substituents is 1. The van der Waals surface area contributed by atoms with Crippen molar-refractivity contribution in [1.29, 1.82) is 0 Å². The van der Waals surface area contributed by atoms with Crippen LogP contribution in [0, 0.1) is 10.1 Å². The van der Waals surface area contributed by atoms with Crippen molar-refractivity contribution in [3.05, 3.63) is 69.8 Å². The lowest BCUT2D eigenvalue weighted by atomic mass is 10.1. The zero-order valence-electron chi connectivity index (χ0n) is 15.4. The van der Waals surface area contributed by atoms with E-state index in [0.717, 1.165) is 25.1 Å². The van der Waals surface area contributed by atoms with Crippen LogP contribution in [0.4, 0.5) is 5.69 Å². The van der Waals surface area contributed by atoms with Crippen LogP contribution in [0.5, 0.6) is 17.2 Å². The Kier molecular flexibility index (Phi) is 6.23. The third-order valence-electron chi connectivity index (χ3n) is 4.34. The molecule has 1 aliphatic rings. The van der Waals surface area contributed by atoms with Gasteiger partial charge >= 0.3 is 0 Å². The summed E-state index contributed by atoms with van der Waals surface area (Å²) in [6, 6.07) is 10.8. The zero-order chi connectivity index (χ0) is 19.9. The molecule has 2 aromatic rings. The Morgan fingerprint density at radius 2 is 1.96 bits per heavy atom. The number of benzene rings is 2. The molecule has 2 aromatic carbocycles. The van der Waals surface area contributed by atoms with E-state index >= 15 is 0 Å². The Morgan fingerprint density at radius 3 is 2.61 bits per heavy atom. The first-order valence-electron chi connectivity index (χ1n) is 8.84. The minimum absolute atomic E-state index is 0.111. The molecule has 0 fully saturated rings. The van der Waals surface area contributed by atoms with E-state index in [-0.39, 0.29) is 17.0 Å². The third-order valence-corrected chi connectivity index (χ3v) is 4.34. The Bertz CT molecular complexity index is 893. The van der Waals surface area contributed by atoms with Crippen LogP contribution in [0.15, 0.2) is 54.1 Å². The first-order valence-corrected chi connectivity index (χ1v) is 8.84. The minimum Gasteiger partial charge on any atom is -0.497 e. The molecule has 0 aliphatic carbocycles. The van der Waals surface area contributed by atoms with Gasteiger partial charge in [0.1, 0.15) is 17.2 Å². The number of carbonyl (C=O) groups is 1. The zero-order valence-corrected chi connectivity index (χ0v) is 15.4. The van der Waals surface area contributed by atoms with Gasteiger partial charge in [0.15, 0.2) is 0 Å². The van der Waals surface area contributed by atoms with E-state index in [2.05, 4.69) is 10.6 Å². The van der Waals surface area contributed by atoms with Crippen LogP contribution >= 0.6 is 0 Å². The number of ether oxygens (including phenoxy) is 2. The fourth-order valence-corrected chi connectivity index (χ4v) is 2.79. The van der Waals surface area contributed by atoms with Crippen molar-refractivity contribution < 1.29 is 19.2 Å². The summed E-state index contributed by atoms with van der Waals surface area (Å²) in [5.74, 6) is 0.980. The lowest BCUT2D eigenvalue weighted by molar-refractivity contribution is -0.384. The van der Waals surface area contributed by atoms with Crippen molar-refractivity contribution in [2.75, 3.05) is 26.7 Å². The van der Waals surface area contributed by atoms with E-state index in [0.29, 0.717) is 18.0 Å². The number of hydrogen-bond donors (Lipinski definition) is 2. The molecule has 146 valence electrons. The molecule has 0 spiro atoms. The highest BCUT2D eigenvalue weighted by atomic mass is 16.6. The number of nitro groups is 1. The average molecular weight is 383 g/mol. The molecule has 0 aromatic heterocycles. The Hall–Kier alpha value is -3.39. The predicted octanol–water partition coefficient (Wildman–Crippen LogP) is 3.05. The summed E-state index contributed by atoms with van der Waals surface area (Å²) in [6.07, 6.45) is 2.89. The number of hydrogen-bond acceptors (Lipinski definition) is 6. The van der Waals surface area contributed by atoms with E-state index in [1.165, 1.54) is 18.2 Å². The van der Waals surface area contributed by atoms with Gasteiger partial charge in [-0.05, 0) is 43.3 Å². The van der Waals surface area contributed by atoms with Gasteiger partial charge in [-0.25, -0.2) is 0 Å². The summed E-state index contributed by atoms with van der Waals surface area (Å²) in [7, 11) is 1.56. The number of rotatable bonds is 7. The summed E-state index contributed by atoms with van der Waals surface area (Å²) in [6.45, 7) is 2.03. The molecule has 0 bridgehead atoms. The first-order chi connectivity index (χ1) is 13.6. The summed E-state index contributed by atoms with van der Waals surface area (Å²) < 4.78 is 10.9. The molecule has 0 saturated carbocycles. The highest BCUT2D eigenvalue weighted by Crippen LogP contribution is 2.29. The molecule has 3 rings (SSSR count). The topological polar surface area (TPSA) is 103 Å². The number of nitrogens with zero attached hydrogens (tertiary/aromatic N) is 1. The number of methoxy groups -OCH3 is 1. The van der Waals surface area contributed by atoms with Crippen molar-refractivity contribution >= 4 is 11.6 Å². The van der Waals surface area contributed by atoms with Crippen molar-refractivity contribution in [1.82, 2.24) is 10.6 Å². The standard InChI is InChI=1S/C20H21N3O5/c1-27-16-3-5-17(6-4-16)28-19-7-2-15(23(25)26)12-18(19)20(24)22-13-14-8-10-21-11-9-14/h2-8,12,21H,9-11,13H2,1H3,(H,22,24). The molecular weight excluding hydrogens is 362 g/mol. The molecule has 1 aliphatic heterocycles. The van der Waals surface area contributed by atoms with E-state index in [4.69, 9.17) is 9.47 Å². The normalized spacial score (nSPS) is 13.4. The van der Waals surface area contributed by atoms with Crippen LogP contribution in [0.25, 0.3) is 0 Å². The lowest BCUT2D eigenvalue weighted by Gasteiger charge is -2.15. The van der Waals surface area contributed by atoms with Crippen molar-refractivity contribution in [3.8, 4) is 17.2 Å². The SMILES string of the molecule is COc1ccc(Oc2ccc([N+](=O)[O-])cc2C(=O)NCC2=CCNCC2)cc1. The van der Waals surface area contributed by atoms with Gasteiger partial charge in [0.25, 0.3) is 11.6 Å². The van der Waals surface area contributed by atoms with E-state index in [1.807, 2.05) is 6.08 Å². The average Bonchev–Trinajstić information content (AvgIpc) is 2.73. The highest BCUT2D eigenvalue weighted by molar-refractivity contribution is 5.97. The third kappa shape index (κ3) is 4.86. The van der Waals surface area contributed by atoms with Gasteiger partial charge in [-0.1, -0.05) is 11.6 Å². The van der Waals surface area contributed by atoms with E-state index in [9.17, 15) is 14.9 Å². The predicted molar refractivity (Wildman–Crippen MR) is 104 cm³/mol. The molecule has 0 radical (unpaired) electrons. The van der Waals surface area contributed by atoms with Gasteiger partial charge in [0.05, 0.1) is 17.6 Å².